The monoisotopic (exact) mass is 411 g/mol. The van der Waals surface area contributed by atoms with Crippen molar-refractivity contribution in [3.05, 3.63) is 29.8 Å². The number of sulfonamides is 1. The molecule has 1 atom stereocenters. The summed E-state index contributed by atoms with van der Waals surface area (Å²) >= 11 is 0. The van der Waals surface area contributed by atoms with Crippen molar-refractivity contribution in [1.82, 2.24) is 14.9 Å². The first kappa shape index (κ1) is 21.8. The molecule has 10 heteroatoms. The number of aryl methyl sites for hydroxylation is 1. The van der Waals surface area contributed by atoms with Crippen LogP contribution in [0.2, 0.25) is 0 Å². The molecular formula is C18H25N3O6S. The number of nitrogens with one attached hydrogen (secondary N) is 2. The number of hydrogen-bond donors (Lipinski definition) is 2. The average molecular weight is 411 g/mol. The first-order valence-electron chi connectivity index (χ1n) is 9.00. The van der Waals surface area contributed by atoms with E-state index in [1.54, 1.807) is 17.0 Å². The zero-order chi connectivity index (χ0) is 20.7. The lowest BCUT2D eigenvalue weighted by atomic mass is 10.2. The molecule has 1 aliphatic rings. The molecule has 1 heterocycles. The van der Waals surface area contributed by atoms with Crippen molar-refractivity contribution < 1.29 is 27.5 Å². The van der Waals surface area contributed by atoms with Crippen LogP contribution in [0.25, 0.3) is 0 Å². The molecule has 1 aromatic rings. The number of hydrogen-bond acceptors (Lipinski definition) is 6. The number of likely N-dealkylation sites (tertiary alicyclic amines) is 1. The number of carbonyl (C=O) groups is 3. The van der Waals surface area contributed by atoms with Crippen molar-refractivity contribution in [1.29, 1.82) is 0 Å². The summed E-state index contributed by atoms with van der Waals surface area (Å²) in [5.74, 6) is -1.72. The normalized spacial score (nSPS) is 15.1. The van der Waals surface area contributed by atoms with E-state index in [0.717, 1.165) is 18.4 Å². The highest BCUT2D eigenvalue weighted by Gasteiger charge is 2.26. The summed E-state index contributed by atoms with van der Waals surface area (Å²) in [5.41, 5.74) is 0.910. The number of esters is 1. The van der Waals surface area contributed by atoms with E-state index in [2.05, 4.69) is 10.0 Å². The number of benzene rings is 1. The third kappa shape index (κ3) is 6.31. The fourth-order valence-corrected chi connectivity index (χ4v) is 3.66. The molecule has 2 N–H and O–H groups in total. The number of rotatable bonds is 8. The Hall–Kier alpha value is -2.46. The van der Waals surface area contributed by atoms with E-state index >= 15 is 0 Å². The molecule has 1 saturated heterocycles. The van der Waals surface area contributed by atoms with Gasteiger partial charge in [-0.1, -0.05) is 17.7 Å². The smallest absolute Gasteiger partial charge is 0.326 e. The van der Waals surface area contributed by atoms with Gasteiger partial charge in [0.15, 0.2) is 6.10 Å². The van der Waals surface area contributed by atoms with Gasteiger partial charge in [-0.2, -0.15) is 0 Å². The third-order valence-corrected chi connectivity index (χ3v) is 5.67. The average Bonchev–Trinajstić information content (AvgIpc) is 3.19. The molecule has 2 amide bonds. The van der Waals surface area contributed by atoms with Crippen LogP contribution in [-0.4, -0.2) is 63.4 Å². The maximum atomic E-state index is 12.1. The highest BCUT2D eigenvalue weighted by Crippen LogP contribution is 2.11. The molecule has 0 bridgehead atoms. The quantitative estimate of drug-likeness (QED) is 0.578. The molecule has 9 nitrogen and oxygen atoms in total. The second-order valence-corrected chi connectivity index (χ2v) is 8.35. The summed E-state index contributed by atoms with van der Waals surface area (Å²) in [5, 5.41) is 2.26. The second kappa shape index (κ2) is 9.65. The Morgan fingerprint density at radius 2 is 1.71 bits per heavy atom. The van der Waals surface area contributed by atoms with Crippen molar-refractivity contribution in [2.45, 2.75) is 37.7 Å². The number of ether oxygens (including phenoxy) is 1. The van der Waals surface area contributed by atoms with Gasteiger partial charge in [0.25, 0.3) is 5.91 Å². The molecule has 154 valence electrons. The fraction of sp³-hybridized carbons (Fsp3) is 0.500. The fourth-order valence-electron chi connectivity index (χ4n) is 2.68. The van der Waals surface area contributed by atoms with E-state index in [4.69, 9.17) is 4.74 Å². The van der Waals surface area contributed by atoms with Gasteiger partial charge in [0.1, 0.15) is 6.54 Å². The van der Waals surface area contributed by atoms with Gasteiger partial charge in [0.2, 0.25) is 15.9 Å². The molecule has 1 aliphatic heterocycles. The molecule has 0 spiro atoms. The topological polar surface area (TPSA) is 122 Å². The Morgan fingerprint density at radius 3 is 2.32 bits per heavy atom. The Labute approximate surface area is 164 Å². The van der Waals surface area contributed by atoms with Gasteiger partial charge < -0.3 is 15.0 Å². The summed E-state index contributed by atoms with van der Waals surface area (Å²) in [6, 6.07) is 6.17. The van der Waals surface area contributed by atoms with Gasteiger partial charge in [0.05, 0.1) is 11.4 Å². The molecular weight excluding hydrogens is 386 g/mol. The predicted octanol–water partition coefficient (Wildman–Crippen LogP) is -0.0564. The minimum atomic E-state index is -3.83. The van der Waals surface area contributed by atoms with Crippen molar-refractivity contribution >= 4 is 27.8 Å². The Bertz CT molecular complexity index is 816. The molecule has 0 saturated carbocycles. The molecule has 0 aromatic heterocycles. The van der Waals surface area contributed by atoms with Crippen LogP contribution in [0.4, 0.5) is 0 Å². The summed E-state index contributed by atoms with van der Waals surface area (Å²) < 4.78 is 31.4. The molecule has 28 heavy (non-hydrogen) atoms. The Morgan fingerprint density at radius 1 is 1.11 bits per heavy atom. The van der Waals surface area contributed by atoms with E-state index in [1.807, 2.05) is 6.92 Å². The van der Waals surface area contributed by atoms with Crippen LogP contribution in [0, 0.1) is 6.92 Å². The standard InChI is InChI=1S/C18H25N3O6S/c1-13-5-7-15(8-6-13)28(25,26)20-11-16(22)19-12-17(23)27-14(2)18(24)21-9-3-4-10-21/h5-8,14,20H,3-4,9-12H2,1-2H3,(H,19,22)/t14-/m1/s1. The van der Waals surface area contributed by atoms with E-state index in [0.29, 0.717) is 13.1 Å². The predicted molar refractivity (Wildman–Crippen MR) is 101 cm³/mol. The van der Waals surface area contributed by atoms with E-state index < -0.39 is 41.1 Å². The van der Waals surface area contributed by atoms with Crippen LogP contribution in [-0.2, 0) is 29.1 Å². The van der Waals surface area contributed by atoms with E-state index in [9.17, 15) is 22.8 Å². The maximum absolute atomic E-state index is 12.1. The van der Waals surface area contributed by atoms with Crippen LogP contribution in [0.1, 0.15) is 25.3 Å². The van der Waals surface area contributed by atoms with Crippen LogP contribution in [0.5, 0.6) is 0 Å². The maximum Gasteiger partial charge on any atom is 0.326 e. The zero-order valence-corrected chi connectivity index (χ0v) is 16.8. The lowest BCUT2D eigenvalue weighted by molar-refractivity contribution is -0.158. The van der Waals surface area contributed by atoms with Crippen LogP contribution >= 0.6 is 0 Å². The Kier molecular flexibility index (Phi) is 7.53. The molecule has 2 rings (SSSR count). The van der Waals surface area contributed by atoms with E-state index in [-0.39, 0.29) is 10.8 Å². The van der Waals surface area contributed by atoms with Crippen LogP contribution in [0.3, 0.4) is 0 Å². The first-order valence-corrected chi connectivity index (χ1v) is 10.5. The highest BCUT2D eigenvalue weighted by molar-refractivity contribution is 7.89. The third-order valence-electron chi connectivity index (χ3n) is 4.26. The van der Waals surface area contributed by atoms with Crippen molar-refractivity contribution in [2.24, 2.45) is 0 Å². The van der Waals surface area contributed by atoms with Gasteiger partial charge in [-0.25, -0.2) is 13.1 Å². The summed E-state index contributed by atoms with van der Waals surface area (Å²) in [6.45, 7) is 3.64. The Balaban J connectivity index is 1.73. The summed E-state index contributed by atoms with van der Waals surface area (Å²) in [6.07, 6.45) is 0.935. The minimum absolute atomic E-state index is 0.0413. The van der Waals surface area contributed by atoms with Gasteiger partial charge in [-0.05, 0) is 38.8 Å². The van der Waals surface area contributed by atoms with E-state index in [1.165, 1.54) is 19.1 Å². The summed E-state index contributed by atoms with van der Waals surface area (Å²) in [4.78, 5) is 37.3. The second-order valence-electron chi connectivity index (χ2n) is 6.58. The number of nitrogens with zero attached hydrogens (tertiary/aromatic N) is 1. The van der Waals surface area contributed by atoms with Gasteiger partial charge >= 0.3 is 5.97 Å². The first-order chi connectivity index (χ1) is 13.2. The largest absolute Gasteiger partial charge is 0.451 e. The lowest BCUT2D eigenvalue weighted by Gasteiger charge is -2.20. The number of carbonyl (C=O) groups excluding carboxylic acids is 3. The SMILES string of the molecule is Cc1ccc(S(=O)(=O)NCC(=O)NCC(=O)O[C@H](C)C(=O)N2CCCC2)cc1. The van der Waals surface area contributed by atoms with Crippen LogP contribution < -0.4 is 10.0 Å². The molecule has 0 radical (unpaired) electrons. The van der Waals surface area contributed by atoms with Crippen molar-refractivity contribution in [3.8, 4) is 0 Å². The zero-order valence-electron chi connectivity index (χ0n) is 15.9. The molecule has 0 unspecified atom stereocenters. The molecule has 1 fully saturated rings. The molecule has 0 aliphatic carbocycles. The van der Waals surface area contributed by atoms with Crippen LogP contribution in [0.15, 0.2) is 29.2 Å². The summed E-state index contributed by atoms with van der Waals surface area (Å²) in [7, 11) is -3.83. The van der Waals surface area contributed by atoms with Gasteiger partial charge in [-0.15, -0.1) is 0 Å². The lowest BCUT2D eigenvalue weighted by Crippen LogP contribution is -2.42. The van der Waals surface area contributed by atoms with Gasteiger partial charge in [-0.3, -0.25) is 14.4 Å². The molecule has 1 aromatic carbocycles. The number of amides is 2. The van der Waals surface area contributed by atoms with Crippen molar-refractivity contribution in [2.75, 3.05) is 26.2 Å². The highest BCUT2D eigenvalue weighted by atomic mass is 32.2. The van der Waals surface area contributed by atoms with Gasteiger partial charge in [0, 0.05) is 13.1 Å². The minimum Gasteiger partial charge on any atom is -0.451 e. The van der Waals surface area contributed by atoms with Crippen molar-refractivity contribution in [3.63, 3.8) is 0 Å².